The third-order valence-corrected chi connectivity index (χ3v) is 4.72. The van der Waals surface area contributed by atoms with Crippen LogP contribution in [0.3, 0.4) is 0 Å². The van der Waals surface area contributed by atoms with Crippen LogP contribution < -0.4 is 10.6 Å². The van der Waals surface area contributed by atoms with Crippen molar-refractivity contribution in [3.8, 4) is 6.07 Å². The van der Waals surface area contributed by atoms with Crippen molar-refractivity contribution in [2.24, 2.45) is 4.99 Å². The molecule has 0 unspecified atom stereocenters. The molecule has 2 N–H and O–H groups in total. The molecule has 0 atom stereocenters. The van der Waals surface area contributed by atoms with Gasteiger partial charge >= 0.3 is 0 Å². The summed E-state index contributed by atoms with van der Waals surface area (Å²) >= 11 is 0. The molecule has 2 aromatic rings. The first-order valence-electron chi connectivity index (χ1n) is 8.30. The number of sulfone groups is 1. The van der Waals surface area contributed by atoms with E-state index in [1.54, 1.807) is 0 Å². The van der Waals surface area contributed by atoms with Gasteiger partial charge in [-0.05, 0) is 35.4 Å². The van der Waals surface area contributed by atoms with E-state index in [1.165, 1.54) is 37.4 Å². The van der Waals surface area contributed by atoms with E-state index in [-0.39, 0.29) is 24.4 Å². The first-order valence-corrected chi connectivity index (χ1v) is 10.4. The van der Waals surface area contributed by atoms with Crippen LogP contribution in [-0.4, -0.2) is 27.7 Å². The second-order valence-electron chi connectivity index (χ2n) is 6.18. The molecule has 28 heavy (non-hydrogen) atoms. The highest BCUT2D eigenvalue weighted by molar-refractivity contribution is 7.89. The van der Waals surface area contributed by atoms with Gasteiger partial charge in [-0.3, -0.25) is 4.99 Å². The highest BCUT2D eigenvalue weighted by atomic mass is 32.2. The molecule has 0 aliphatic heterocycles. The maximum absolute atomic E-state index is 13.9. The van der Waals surface area contributed by atoms with Crippen molar-refractivity contribution in [2.45, 2.75) is 18.8 Å². The van der Waals surface area contributed by atoms with Crippen LogP contribution >= 0.6 is 0 Å². The molecule has 0 amide bonds. The van der Waals surface area contributed by atoms with Crippen LogP contribution in [0.25, 0.3) is 0 Å². The van der Waals surface area contributed by atoms with E-state index in [0.29, 0.717) is 22.6 Å². The number of aliphatic imine (C=N–C) groups is 1. The molecule has 0 heterocycles. The molecule has 0 spiro atoms. The Labute approximate surface area is 162 Å². The minimum Gasteiger partial charge on any atom is -0.352 e. The average Bonchev–Trinajstić information content (AvgIpc) is 2.63. The fourth-order valence-electron chi connectivity index (χ4n) is 2.52. The lowest BCUT2D eigenvalue weighted by Gasteiger charge is -2.14. The van der Waals surface area contributed by atoms with Gasteiger partial charge in [0.15, 0.2) is 15.8 Å². The molecule has 0 fully saturated rings. The zero-order valence-corrected chi connectivity index (χ0v) is 16.3. The van der Waals surface area contributed by atoms with E-state index in [2.05, 4.69) is 15.6 Å². The number of guanidine groups is 1. The Balaban J connectivity index is 2.05. The van der Waals surface area contributed by atoms with E-state index in [0.717, 1.165) is 12.3 Å². The molecule has 6 nitrogen and oxygen atoms in total. The Morgan fingerprint density at radius 3 is 2.29 bits per heavy atom. The number of nitrogens with zero attached hydrogens (tertiary/aromatic N) is 2. The summed E-state index contributed by atoms with van der Waals surface area (Å²) in [7, 11) is -1.75. The molecule has 2 aromatic carbocycles. The van der Waals surface area contributed by atoms with Crippen LogP contribution in [0.5, 0.6) is 0 Å². The topological polar surface area (TPSA) is 94.3 Å². The molecule has 0 bridgehead atoms. The molecule has 0 aliphatic carbocycles. The first kappa shape index (κ1) is 21.3. The predicted octanol–water partition coefficient (Wildman–Crippen LogP) is 2.25. The fraction of sp³-hybridized carbons (Fsp3) is 0.263. The van der Waals surface area contributed by atoms with Crippen molar-refractivity contribution < 1.29 is 17.2 Å². The molecule has 0 saturated carbocycles. The van der Waals surface area contributed by atoms with E-state index in [1.807, 2.05) is 6.07 Å². The highest BCUT2D eigenvalue weighted by Gasteiger charge is 2.11. The lowest BCUT2D eigenvalue weighted by molar-refractivity contribution is 0.599. The second kappa shape index (κ2) is 9.28. The normalized spacial score (nSPS) is 11.8. The largest absolute Gasteiger partial charge is 0.352 e. The van der Waals surface area contributed by atoms with E-state index < -0.39 is 21.5 Å². The smallest absolute Gasteiger partial charge is 0.191 e. The summed E-state index contributed by atoms with van der Waals surface area (Å²) in [5.74, 6) is -0.857. The van der Waals surface area contributed by atoms with Crippen molar-refractivity contribution in [1.82, 2.24) is 10.6 Å². The molecule has 0 saturated heterocycles. The predicted molar refractivity (Wildman–Crippen MR) is 103 cm³/mol. The zero-order chi connectivity index (χ0) is 20.7. The van der Waals surface area contributed by atoms with E-state index in [9.17, 15) is 17.2 Å². The number of benzene rings is 2. The number of nitrogens with one attached hydrogen (secondary N) is 2. The van der Waals surface area contributed by atoms with Gasteiger partial charge in [-0.2, -0.15) is 5.26 Å². The molecule has 2 rings (SSSR count). The van der Waals surface area contributed by atoms with Crippen LogP contribution in [0, 0.1) is 23.0 Å². The van der Waals surface area contributed by atoms with Crippen LogP contribution in [-0.2, 0) is 28.7 Å². The Morgan fingerprint density at radius 2 is 1.71 bits per heavy atom. The van der Waals surface area contributed by atoms with Gasteiger partial charge in [-0.1, -0.05) is 12.1 Å². The number of hydrogen-bond acceptors (Lipinski definition) is 4. The monoisotopic (exact) mass is 406 g/mol. The standard InChI is InChI=1S/C19H20F2N4O2S/c1-23-19(24-10-14-4-3-13(9-22)7-18(14)21)25-11-16-8-17(20)6-5-15(16)12-28(2,26)27/h3-8H,10-12H2,1-2H3,(H2,23,24,25). The molecule has 0 aromatic heterocycles. The summed E-state index contributed by atoms with van der Waals surface area (Å²) < 4.78 is 50.6. The maximum atomic E-state index is 13.9. The van der Waals surface area contributed by atoms with Gasteiger partial charge in [0, 0.05) is 32.0 Å². The van der Waals surface area contributed by atoms with Crippen LogP contribution in [0.15, 0.2) is 41.4 Å². The molecule has 148 valence electrons. The minimum absolute atomic E-state index is 0.122. The number of nitriles is 1. The van der Waals surface area contributed by atoms with Gasteiger partial charge in [-0.15, -0.1) is 0 Å². The Bertz CT molecular complexity index is 1030. The van der Waals surface area contributed by atoms with Gasteiger partial charge in [0.2, 0.25) is 0 Å². The molecule has 0 aliphatic rings. The summed E-state index contributed by atoms with van der Waals surface area (Å²) in [6.07, 6.45) is 1.11. The lowest BCUT2D eigenvalue weighted by Crippen LogP contribution is -2.36. The highest BCUT2D eigenvalue weighted by Crippen LogP contribution is 2.14. The molecule has 0 radical (unpaired) electrons. The fourth-order valence-corrected chi connectivity index (χ4v) is 3.37. The second-order valence-corrected chi connectivity index (χ2v) is 8.32. The van der Waals surface area contributed by atoms with Crippen molar-refractivity contribution in [3.63, 3.8) is 0 Å². The summed E-state index contributed by atoms with van der Waals surface area (Å²) in [4.78, 5) is 4.02. The minimum atomic E-state index is -3.27. The van der Waals surface area contributed by atoms with E-state index in [4.69, 9.17) is 5.26 Å². The van der Waals surface area contributed by atoms with Gasteiger partial charge in [0.25, 0.3) is 0 Å². The van der Waals surface area contributed by atoms with Crippen LogP contribution in [0.4, 0.5) is 8.78 Å². The summed E-state index contributed by atoms with van der Waals surface area (Å²) in [5, 5.41) is 14.6. The van der Waals surface area contributed by atoms with Crippen LogP contribution in [0.2, 0.25) is 0 Å². The molecular weight excluding hydrogens is 386 g/mol. The summed E-state index contributed by atoms with van der Waals surface area (Å²) in [6, 6.07) is 9.95. The first-order chi connectivity index (χ1) is 13.2. The number of rotatable bonds is 6. The third-order valence-electron chi connectivity index (χ3n) is 3.88. The quantitative estimate of drug-likeness (QED) is 0.567. The Hall–Kier alpha value is -2.99. The lowest BCUT2D eigenvalue weighted by atomic mass is 10.1. The average molecular weight is 406 g/mol. The van der Waals surface area contributed by atoms with Crippen molar-refractivity contribution in [2.75, 3.05) is 13.3 Å². The number of halogens is 2. The number of hydrogen-bond donors (Lipinski definition) is 2. The van der Waals surface area contributed by atoms with E-state index >= 15 is 0 Å². The zero-order valence-electron chi connectivity index (χ0n) is 15.5. The SMILES string of the molecule is CN=C(NCc1ccc(C#N)cc1F)NCc1cc(F)ccc1CS(C)(=O)=O. The van der Waals surface area contributed by atoms with Crippen molar-refractivity contribution in [1.29, 1.82) is 5.26 Å². The van der Waals surface area contributed by atoms with Gasteiger partial charge in [0.1, 0.15) is 11.6 Å². The maximum Gasteiger partial charge on any atom is 0.191 e. The Morgan fingerprint density at radius 1 is 1.07 bits per heavy atom. The summed E-state index contributed by atoms with van der Waals surface area (Å²) in [6.45, 7) is 0.259. The molecule has 9 heteroatoms. The molecular formula is C19H20F2N4O2S. The Kier molecular flexibility index (Phi) is 7.06. The van der Waals surface area contributed by atoms with Gasteiger partial charge < -0.3 is 10.6 Å². The van der Waals surface area contributed by atoms with Crippen molar-refractivity contribution in [3.05, 3.63) is 70.3 Å². The van der Waals surface area contributed by atoms with Gasteiger partial charge in [0.05, 0.1) is 17.4 Å². The summed E-state index contributed by atoms with van der Waals surface area (Å²) in [5.41, 5.74) is 1.56. The van der Waals surface area contributed by atoms with Crippen LogP contribution in [0.1, 0.15) is 22.3 Å². The third kappa shape index (κ3) is 6.32. The van der Waals surface area contributed by atoms with Crippen molar-refractivity contribution >= 4 is 15.8 Å². The van der Waals surface area contributed by atoms with Gasteiger partial charge in [-0.25, -0.2) is 17.2 Å².